The number of aromatic nitrogens is 1. The highest BCUT2D eigenvalue weighted by atomic mass is 16.5. The van der Waals surface area contributed by atoms with Gasteiger partial charge in [-0.2, -0.15) is 0 Å². The van der Waals surface area contributed by atoms with Crippen LogP contribution in [-0.2, 0) is 18.2 Å². The van der Waals surface area contributed by atoms with Crippen molar-refractivity contribution in [2.75, 3.05) is 34.3 Å². The van der Waals surface area contributed by atoms with Crippen LogP contribution in [0.3, 0.4) is 0 Å². The average molecular weight is 300 g/mol. The van der Waals surface area contributed by atoms with Gasteiger partial charge < -0.3 is 9.22 Å². The van der Waals surface area contributed by atoms with Crippen LogP contribution in [0.15, 0.2) is 54.9 Å². The van der Waals surface area contributed by atoms with E-state index >= 15 is 0 Å². The lowest BCUT2D eigenvalue weighted by Crippen LogP contribution is -2.38. The Hall–Kier alpha value is -1.71. The summed E-state index contributed by atoms with van der Waals surface area (Å²) >= 11 is 0. The van der Waals surface area contributed by atoms with Crippen molar-refractivity contribution in [2.45, 2.75) is 12.5 Å². The highest BCUT2D eigenvalue weighted by Crippen LogP contribution is 2.21. The molecule has 3 heteroatoms. The van der Waals surface area contributed by atoms with Gasteiger partial charge in [0.15, 0.2) is 12.4 Å². The van der Waals surface area contributed by atoms with Gasteiger partial charge in [-0.05, 0) is 11.1 Å². The predicted molar refractivity (Wildman–Crippen MR) is 89.4 cm³/mol. The molecule has 3 nitrogen and oxygen atoms in total. The highest BCUT2D eigenvalue weighted by molar-refractivity contribution is 5.20. The van der Waals surface area contributed by atoms with Gasteiger partial charge in [-0.15, -0.1) is 0 Å². The van der Waals surface area contributed by atoms with Crippen LogP contribution in [0.1, 0.15) is 17.2 Å². The largest absolute Gasteiger partial charge is 0.367 e. The minimum absolute atomic E-state index is 0.107. The summed E-state index contributed by atoms with van der Waals surface area (Å²) in [4.78, 5) is 0. The Morgan fingerprint density at radius 1 is 1.00 bits per heavy atom. The molecule has 1 atom stereocenters. The van der Waals surface area contributed by atoms with E-state index < -0.39 is 0 Å². The van der Waals surface area contributed by atoms with Crippen LogP contribution in [0.4, 0.5) is 0 Å². The summed E-state index contributed by atoms with van der Waals surface area (Å²) < 4.78 is 9.19. The van der Waals surface area contributed by atoms with Crippen molar-refractivity contribution in [3.05, 3.63) is 66.0 Å². The lowest BCUT2D eigenvalue weighted by molar-refractivity contribution is -0.870. The molecule has 2 rings (SSSR count). The molecule has 0 aliphatic rings. The van der Waals surface area contributed by atoms with Crippen LogP contribution in [-0.4, -0.2) is 38.8 Å². The van der Waals surface area contributed by atoms with E-state index in [2.05, 4.69) is 80.6 Å². The molecule has 1 aromatic carbocycles. The van der Waals surface area contributed by atoms with E-state index in [1.165, 1.54) is 11.1 Å². The number of rotatable bonds is 7. The van der Waals surface area contributed by atoms with Gasteiger partial charge in [-0.3, -0.25) is 0 Å². The van der Waals surface area contributed by atoms with E-state index in [-0.39, 0.29) is 6.10 Å². The molecular formula is C19H28N2O+2. The van der Waals surface area contributed by atoms with E-state index in [0.29, 0.717) is 0 Å². The number of quaternary nitrogens is 1. The number of hydrogen-bond acceptors (Lipinski definition) is 1. The lowest BCUT2D eigenvalue weighted by atomic mass is 10.0. The van der Waals surface area contributed by atoms with Crippen molar-refractivity contribution in [3.63, 3.8) is 0 Å². The summed E-state index contributed by atoms with van der Waals surface area (Å²) in [5.74, 6) is 0. The van der Waals surface area contributed by atoms with Crippen molar-refractivity contribution in [3.8, 4) is 0 Å². The summed E-state index contributed by atoms with van der Waals surface area (Å²) in [5, 5.41) is 0. The fraction of sp³-hybridized carbons (Fsp3) is 0.421. The van der Waals surface area contributed by atoms with E-state index in [4.69, 9.17) is 4.74 Å². The van der Waals surface area contributed by atoms with Gasteiger partial charge in [-0.1, -0.05) is 30.3 Å². The van der Waals surface area contributed by atoms with Crippen LogP contribution < -0.4 is 4.57 Å². The maximum Gasteiger partial charge on any atom is 0.168 e. The van der Waals surface area contributed by atoms with Crippen molar-refractivity contribution in [1.29, 1.82) is 0 Å². The molecule has 0 aliphatic heterocycles. The third-order valence-corrected chi connectivity index (χ3v) is 3.72. The van der Waals surface area contributed by atoms with Gasteiger partial charge in [0.1, 0.15) is 13.6 Å². The van der Waals surface area contributed by atoms with E-state index in [9.17, 15) is 0 Å². The van der Waals surface area contributed by atoms with Crippen LogP contribution >= 0.6 is 0 Å². The van der Waals surface area contributed by atoms with Gasteiger partial charge in [0, 0.05) is 18.6 Å². The van der Waals surface area contributed by atoms with Gasteiger partial charge in [0.2, 0.25) is 0 Å². The molecule has 0 radical (unpaired) electrons. The molecule has 22 heavy (non-hydrogen) atoms. The summed E-state index contributed by atoms with van der Waals surface area (Å²) in [6.07, 6.45) is 5.17. The number of likely N-dealkylation sites (N-methyl/N-ethyl adjacent to an activating group) is 1. The molecule has 1 unspecified atom stereocenters. The Morgan fingerprint density at radius 2 is 1.64 bits per heavy atom. The molecule has 0 N–H and O–H groups in total. The highest BCUT2D eigenvalue weighted by Gasteiger charge is 2.16. The van der Waals surface area contributed by atoms with Crippen LogP contribution in [0.2, 0.25) is 0 Å². The predicted octanol–water partition coefficient (Wildman–Crippen LogP) is 2.52. The third kappa shape index (κ3) is 5.58. The second-order valence-corrected chi connectivity index (χ2v) is 6.86. The molecule has 0 saturated carbocycles. The van der Waals surface area contributed by atoms with E-state index in [1.54, 1.807) is 0 Å². The quantitative estimate of drug-likeness (QED) is 0.566. The zero-order valence-electron chi connectivity index (χ0n) is 14.2. The van der Waals surface area contributed by atoms with Crippen LogP contribution in [0, 0.1) is 0 Å². The summed E-state index contributed by atoms with van der Waals surface area (Å²) in [7, 11) is 8.61. The molecule has 118 valence electrons. The molecule has 1 heterocycles. The van der Waals surface area contributed by atoms with Crippen molar-refractivity contribution < 1.29 is 13.8 Å². The average Bonchev–Trinajstić information content (AvgIpc) is 2.47. The second-order valence-electron chi connectivity index (χ2n) is 6.86. The number of pyridine rings is 1. The SMILES string of the molecule is C[n+]1ccc(C(Cc2ccccc2)OCC[N+](C)(C)C)cc1. The molecule has 1 aromatic heterocycles. The zero-order chi connectivity index (χ0) is 16.0. The first-order valence-electron chi connectivity index (χ1n) is 7.85. The summed E-state index contributed by atoms with van der Waals surface area (Å²) in [6, 6.07) is 14.9. The van der Waals surface area contributed by atoms with E-state index in [0.717, 1.165) is 24.1 Å². The number of hydrogen-bond donors (Lipinski definition) is 0. The fourth-order valence-corrected chi connectivity index (χ4v) is 2.30. The lowest BCUT2D eigenvalue weighted by Gasteiger charge is -2.25. The number of benzene rings is 1. The van der Waals surface area contributed by atoms with Crippen molar-refractivity contribution >= 4 is 0 Å². The monoisotopic (exact) mass is 300 g/mol. The third-order valence-electron chi connectivity index (χ3n) is 3.72. The molecule has 0 spiro atoms. The molecule has 0 saturated heterocycles. The Kier molecular flexibility index (Phi) is 5.69. The minimum Gasteiger partial charge on any atom is -0.367 e. The Labute approximate surface area is 134 Å². The fourth-order valence-electron chi connectivity index (χ4n) is 2.30. The maximum atomic E-state index is 6.22. The number of aryl methyl sites for hydroxylation is 1. The molecule has 0 fully saturated rings. The first kappa shape index (κ1) is 16.7. The Balaban J connectivity index is 2.08. The van der Waals surface area contributed by atoms with E-state index in [1.807, 2.05) is 7.05 Å². The van der Waals surface area contributed by atoms with Crippen molar-refractivity contribution in [2.24, 2.45) is 7.05 Å². The van der Waals surface area contributed by atoms with Crippen LogP contribution in [0.25, 0.3) is 0 Å². The molecule has 0 amide bonds. The standard InChI is InChI=1S/C19H28N2O/c1-20-12-10-18(11-13-20)19(22-15-14-21(2,3)4)16-17-8-6-5-7-9-17/h5-13,19H,14-16H2,1-4H3/q+2. The zero-order valence-corrected chi connectivity index (χ0v) is 14.2. The first-order chi connectivity index (χ1) is 10.4. The van der Waals surface area contributed by atoms with Gasteiger partial charge in [0.05, 0.1) is 33.9 Å². The second kappa shape index (κ2) is 7.52. The Bertz CT molecular complexity index is 558. The van der Waals surface area contributed by atoms with Gasteiger partial charge >= 0.3 is 0 Å². The number of ether oxygens (including phenoxy) is 1. The van der Waals surface area contributed by atoms with Crippen molar-refractivity contribution in [1.82, 2.24) is 0 Å². The summed E-state index contributed by atoms with van der Waals surface area (Å²) in [5.41, 5.74) is 2.55. The van der Waals surface area contributed by atoms with Gasteiger partial charge in [0.25, 0.3) is 0 Å². The molecular weight excluding hydrogens is 272 g/mol. The first-order valence-corrected chi connectivity index (χ1v) is 7.85. The smallest absolute Gasteiger partial charge is 0.168 e. The molecule has 0 bridgehead atoms. The molecule has 0 aliphatic carbocycles. The Morgan fingerprint density at radius 3 is 2.23 bits per heavy atom. The summed E-state index contributed by atoms with van der Waals surface area (Å²) in [6.45, 7) is 1.77. The van der Waals surface area contributed by atoms with Crippen LogP contribution in [0.5, 0.6) is 0 Å². The number of nitrogens with zero attached hydrogens (tertiary/aromatic N) is 2. The minimum atomic E-state index is 0.107. The topological polar surface area (TPSA) is 13.1 Å². The molecule has 2 aromatic rings. The van der Waals surface area contributed by atoms with Gasteiger partial charge in [-0.25, -0.2) is 4.57 Å². The maximum absolute atomic E-state index is 6.22. The normalized spacial score (nSPS) is 13.1.